The second-order valence-electron chi connectivity index (χ2n) is 3.55. The van der Waals surface area contributed by atoms with Crippen molar-refractivity contribution in [1.82, 2.24) is 4.98 Å². The third-order valence-electron chi connectivity index (χ3n) is 2.50. The molecule has 0 amide bonds. The van der Waals surface area contributed by atoms with Gasteiger partial charge in [-0.2, -0.15) is 0 Å². The van der Waals surface area contributed by atoms with Crippen LogP contribution in [0.3, 0.4) is 0 Å². The van der Waals surface area contributed by atoms with Gasteiger partial charge in [-0.05, 0) is 13.0 Å². The van der Waals surface area contributed by atoms with Crippen LogP contribution in [0.2, 0.25) is 0 Å². The lowest BCUT2D eigenvalue weighted by atomic mass is 10.1. The topological polar surface area (TPSA) is 93.3 Å². The summed E-state index contributed by atoms with van der Waals surface area (Å²) in [4.78, 5) is 25.3. The number of aromatic nitrogens is 1. The van der Waals surface area contributed by atoms with Gasteiger partial charge in [-0.3, -0.25) is 10.1 Å². The smallest absolute Gasteiger partial charge is 0.336 e. The van der Waals surface area contributed by atoms with Gasteiger partial charge in [0.15, 0.2) is 0 Å². The zero-order valence-electron chi connectivity index (χ0n) is 8.88. The molecule has 0 atom stereocenters. The molecule has 1 aromatic carbocycles. The van der Waals surface area contributed by atoms with Crippen molar-refractivity contribution in [3.63, 3.8) is 0 Å². The molecular weight excluding hydrogens is 224 g/mol. The van der Waals surface area contributed by atoms with Gasteiger partial charge in [0.2, 0.25) is 0 Å². The highest BCUT2D eigenvalue weighted by Gasteiger charge is 2.20. The second kappa shape index (κ2) is 3.82. The van der Waals surface area contributed by atoms with Gasteiger partial charge < -0.3 is 5.11 Å². The highest BCUT2D eigenvalue weighted by Crippen LogP contribution is 2.29. The Labute approximate surface area is 95.7 Å². The molecule has 2 aromatic rings. The van der Waals surface area contributed by atoms with Gasteiger partial charge in [0.25, 0.3) is 5.69 Å². The van der Waals surface area contributed by atoms with E-state index in [4.69, 9.17) is 5.11 Å². The molecule has 0 aliphatic heterocycles. The van der Waals surface area contributed by atoms with E-state index in [9.17, 15) is 14.9 Å². The number of rotatable bonds is 2. The summed E-state index contributed by atoms with van der Waals surface area (Å²) in [6.07, 6.45) is 1.26. The minimum Gasteiger partial charge on any atom is -0.478 e. The van der Waals surface area contributed by atoms with Gasteiger partial charge in [-0.1, -0.05) is 12.1 Å². The van der Waals surface area contributed by atoms with Crippen LogP contribution in [0, 0.1) is 17.0 Å². The number of carboxylic acid groups (broad SMARTS) is 1. The summed E-state index contributed by atoms with van der Waals surface area (Å²) in [6, 6.07) is 4.38. The fourth-order valence-electron chi connectivity index (χ4n) is 1.72. The van der Waals surface area contributed by atoms with Crippen LogP contribution in [0.1, 0.15) is 15.9 Å². The van der Waals surface area contributed by atoms with E-state index in [-0.39, 0.29) is 22.2 Å². The van der Waals surface area contributed by atoms with E-state index in [0.717, 1.165) is 0 Å². The van der Waals surface area contributed by atoms with Gasteiger partial charge in [0, 0.05) is 17.1 Å². The maximum atomic E-state index is 11.0. The highest BCUT2D eigenvalue weighted by atomic mass is 16.6. The van der Waals surface area contributed by atoms with Crippen molar-refractivity contribution >= 4 is 22.6 Å². The Kier molecular flexibility index (Phi) is 2.47. The van der Waals surface area contributed by atoms with Crippen LogP contribution < -0.4 is 0 Å². The molecule has 0 aliphatic carbocycles. The molecule has 0 aliphatic rings. The standard InChI is InChI=1S/C11H8N2O4/c1-6-2-3-7-8(11(14)15)4-5-12-9(7)10(6)13(16)17/h2-5H,1H3,(H,14,15). The number of carboxylic acids is 1. The molecule has 17 heavy (non-hydrogen) atoms. The van der Waals surface area contributed by atoms with Crippen molar-refractivity contribution < 1.29 is 14.8 Å². The summed E-state index contributed by atoms with van der Waals surface area (Å²) >= 11 is 0. The summed E-state index contributed by atoms with van der Waals surface area (Å²) in [6.45, 7) is 1.59. The monoisotopic (exact) mass is 232 g/mol. The fraction of sp³-hybridized carbons (Fsp3) is 0.0909. The summed E-state index contributed by atoms with van der Waals surface area (Å²) in [5, 5.41) is 20.2. The molecule has 6 heteroatoms. The fourth-order valence-corrected chi connectivity index (χ4v) is 1.72. The number of fused-ring (bicyclic) bond motifs is 1. The number of aryl methyl sites for hydroxylation is 1. The minimum absolute atomic E-state index is 0.0121. The van der Waals surface area contributed by atoms with Gasteiger partial charge in [-0.15, -0.1) is 0 Å². The molecule has 0 unspecified atom stereocenters. The number of pyridine rings is 1. The van der Waals surface area contributed by atoms with Crippen LogP contribution in [0.15, 0.2) is 24.4 Å². The van der Waals surface area contributed by atoms with Crippen molar-refractivity contribution in [1.29, 1.82) is 0 Å². The SMILES string of the molecule is Cc1ccc2c(C(=O)O)ccnc2c1[N+](=O)[O-]. The van der Waals surface area contributed by atoms with Gasteiger partial charge in [-0.25, -0.2) is 9.78 Å². The molecule has 2 rings (SSSR count). The zero-order valence-corrected chi connectivity index (χ0v) is 8.88. The van der Waals surface area contributed by atoms with E-state index in [2.05, 4.69) is 4.98 Å². The third-order valence-corrected chi connectivity index (χ3v) is 2.50. The number of nitrogens with zero attached hydrogens (tertiary/aromatic N) is 2. The Bertz CT molecular complexity index is 637. The Balaban J connectivity index is 2.93. The lowest BCUT2D eigenvalue weighted by molar-refractivity contribution is -0.383. The number of benzene rings is 1. The van der Waals surface area contributed by atoms with Crippen LogP contribution in [-0.4, -0.2) is 21.0 Å². The first-order chi connectivity index (χ1) is 8.02. The van der Waals surface area contributed by atoms with E-state index >= 15 is 0 Å². The lowest BCUT2D eigenvalue weighted by Gasteiger charge is -2.04. The Morgan fingerprint density at radius 3 is 2.71 bits per heavy atom. The van der Waals surface area contributed by atoms with Crippen LogP contribution in [0.25, 0.3) is 10.9 Å². The molecule has 0 radical (unpaired) electrons. The normalized spacial score (nSPS) is 10.4. The van der Waals surface area contributed by atoms with E-state index in [1.807, 2.05) is 0 Å². The molecule has 0 saturated heterocycles. The Morgan fingerprint density at radius 1 is 1.41 bits per heavy atom. The number of hydrogen-bond acceptors (Lipinski definition) is 4. The molecule has 0 bridgehead atoms. The van der Waals surface area contributed by atoms with Crippen molar-refractivity contribution in [3.8, 4) is 0 Å². The van der Waals surface area contributed by atoms with Crippen molar-refractivity contribution in [2.24, 2.45) is 0 Å². The first kappa shape index (κ1) is 11.0. The molecule has 1 N–H and O–H groups in total. The summed E-state index contributed by atoms with van der Waals surface area (Å²) in [5.74, 6) is -1.13. The van der Waals surface area contributed by atoms with Gasteiger partial charge in [0.05, 0.1) is 10.5 Å². The van der Waals surface area contributed by atoms with E-state index < -0.39 is 10.9 Å². The first-order valence-electron chi connectivity index (χ1n) is 4.78. The molecule has 1 heterocycles. The average Bonchev–Trinajstić information content (AvgIpc) is 2.26. The van der Waals surface area contributed by atoms with Gasteiger partial charge in [0.1, 0.15) is 5.52 Å². The van der Waals surface area contributed by atoms with E-state index in [1.54, 1.807) is 6.92 Å². The van der Waals surface area contributed by atoms with Crippen LogP contribution in [0.4, 0.5) is 5.69 Å². The predicted octanol–water partition coefficient (Wildman–Crippen LogP) is 2.15. The van der Waals surface area contributed by atoms with Crippen LogP contribution >= 0.6 is 0 Å². The minimum atomic E-state index is -1.13. The largest absolute Gasteiger partial charge is 0.478 e. The molecule has 1 aromatic heterocycles. The maximum absolute atomic E-state index is 11.0. The highest BCUT2D eigenvalue weighted by molar-refractivity contribution is 6.04. The first-order valence-corrected chi connectivity index (χ1v) is 4.78. The number of nitro groups is 1. The van der Waals surface area contributed by atoms with Crippen molar-refractivity contribution in [3.05, 3.63) is 45.6 Å². The molecular formula is C11H8N2O4. The number of nitro benzene ring substituents is 1. The molecule has 86 valence electrons. The summed E-state index contributed by atoms with van der Waals surface area (Å²) in [7, 11) is 0. The van der Waals surface area contributed by atoms with E-state index in [1.165, 1.54) is 24.4 Å². The Hall–Kier alpha value is -2.50. The predicted molar refractivity (Wildman–Crippen MR) is 60.1 cm³/mol. The van der Waals surface area contributed by atoms with Gasteiger partial charge >= 0.3 is 5.97 Å². The quantitative estimate of drug-likeness (QED) is 0.632. The lowest BCUT2D eigenvalue weighted by Crippen LogP contribution is -2.01. The summed E-state index contributed by atoms with van der Waals surface area (Å²) < 4.78 is 0. The van der Waals surface area contributed by atoms with E-state index in [0.29, 0.717) is 5.56 Å². The third kappa shape index (κ3) is 1.69. The van der Waals surface area contributed by atoms with Crippen molar-refractivity contribution in [2.75, 3.05) is 0 Å². The van der Waals surface area contributed by atoms with Crippen LogP contribution in [0.5, 0.6) is 0 Å². The molecule has 0 fully saturated rings. The van der Waals surface area contributed by atoms with Crippen LogP contribution in [-0.2, 0) is 0 Å². The number of aromatic carboxylic acids is 1. The zero-order chi connectivity index (χ0) is 12.6. The van der Waals surface area contributed by atoms with Crippen molar-refractivity contribution in [2.45, 2.75) is 6.92 Å². The molecule has 0 saturated carbocycles. The summed E-state index contributed by atoms with van der Waals surface area (Å²) in [5.41, 5.74) is 0.427. The maximum Gasteiger partial charge on any atom is 0.336 e. The Morgan fingerprint density at radius 2 is 2.12 bits per heavy atom. The average molecular weight is 232 g/mol. The second-order valence-corrected chi connectivity index (χ2v) is 3.55. The molecule has 6 nitrogen and oxygen atoms in total. The number of hydrogen-bond donors (Lipinski definition) is 1. The molecule has 0 spiro atoms. The number of carbonyl (C=O) groups is 1.